The molecule has 0 radical (unpaired) electrons. The number of nitrogens with one attached hydrogen (secondary N) is 3. The van der Waals surface area contributed by atoms with Crippen LogP contribution in [0.1, 0.15) is 6.42 Å². The molecule has 102 valence electrons. The zero-order valence-electron chi connectivity index (χ0n) is 10.2. The normalized spacial score (nSPS) is 22.5. The van der Waals surface area contributed by atoms with Crippen molar-refractivity contribution in [3.63, 3.8) is 0 Å². The molecule has 1 unspecified atom stereocenters. The summed E-state index contributed by atoms with van der Waals surface area (Å²) in [6.45, 7) is 0.545. The van der Waals surface area contributed by atoms with Gasteiger partial charge in [-0.15, -0.1) is 0 Å². The zero-order chi connectivity index (χ0) is 13.3. The van der Waals surface area contributed by atoms with E-state index >= 15 is 0 Å². The molecule has 6 nitrogen and oxygen atoms in total. The molecular formula is C11H14F2N6. The molecule has 2 aromatic heterocycles. The summed E-state index contributed by atoms with van der Waals surface area (Å²) in [4.78, 5) is 8.07. The lowest BCUT2D eigenvalue weighted by molar-refractivity contribution is -0.0678. The Hall–Kier alpha value is -1.83. The van der Waals surface area contributed by atoms with Crippen LogP contribution in [-0.4, -0.2) is 45.7 Å². The Morgan fingerprint density at radius 3 is 3.16 bits per heavy atom. The van der Waals surface area contributed by atoms with E-state index < -0.39 is 11.8 Å². The van der Waals surface area contributed by atoms with E-state index in [0.29, 0.717) is 29.8 Å². The van der Waals surface area contributed by atoms with Crippen molar-refractivity contribution >= 4 is 16.9 Å². The third kappa shape index (κ3) is 2.35. The number of aromatic nitrogens is 4. The highest BCUT2D eigenvalue weighted by Crippen LogP contribution is 2.30. The number of fused-ring (bicyclic) bond motifs is 1. The summed E-state index contributed by atoms with van der Waals surface area (Å²) in [5.41, 5.74) is 0.592. The van der Waals surface area contributed by atoms with Crippen LogP contribution in [0.15, 0.2) is 12.5 Å². The molecule has 1 saturated heterocycles. The number of aromatic amines is 1. The molecule has 3 rings (SSSR count). The van der Waals surface area contributed by atoms with Gasteiger partial charge < -0.3 is 10.6 Å². The summed E-state index contributed by atoms with van der Waals surface area (Å²) in [6.07, 6.45) is 3.40. The first kappa shape index (κ1) is 12.2. The fourth-order valence-electron chi connectivity index (χ4n) is 2.26. The van der Waals surface area contributed by atoms with Gasteiger partial charge >= 0.3 is 0 Å². The van der Waals surface area contributed by atoms with Crippen LogP contribution < -0.4 is 10.6 Å². The SMILES string of the molecule is FC1(F)CNCCC1CNc1ncnc2[nH]ncc12. The van der Waals surface area contributed by atoms with Gasteiger partial charge in [-0.25, -0.2) is 18.7 Å². The van der Waals surface area contributed by atoms with Gasteiger partial charge in [-0.2, -0.15) is 5.10 Å². The zero-order valence-corrected chi connectivity index (χ0v) is 10.2. The van der Waals surface area contributed by atoms with E-state index in [9.17, 15) is 8.78 Å². The van der Waals surface area contributed by atoms with Gasteiger partial charge in [0.05, 0.1) is 18.1 Å². The predicted octanol–water partition coefficient (Wildman–Crippen LogP) is 1.01. The van der Waals surface area contributed by atoms with Gasteiger partial charge in [0.2, 0.25) is 0 Å². The Labute approximate surface area is 108 Å². The molecule has 1 aliphatic rings. The van der Waals surface area contributed by atoms with Crippen LogP contribution in [-0.2, 0) is 0 Å². The summed E-state index contributed by atoms with van der Waals surface area (Å²) in [7, 11) is 0. The summed E-state index contributed by atoms with van der Waals surface area (Å²) >= 11 is 0. The Bertz CT molecular complexity index is 569. The average molecular weight is 268 g/mol. The topological polar surface area (TPSA) is 78.5 Å². The number of hydrogen-bond acceptors (Lipinski definition) is 5. The number of piperidine rings is 1. The van der Waals surface area contributed by atoms with Gasteiger partial charge in [-0.3, -0.25) is 5.10 Å². The van der Waals surface area contributed by atoms with Crippen LogP contribution >= 0.6 is 0 Å². The highest BCUT2D eigenvalue weighted by Gasteiger charge is 2.41. The van der Waals surface area contributed by atoms with Crippen LogP contribution in [0.5, 0.6) is 0 Å². The maximum absolute atomic E-state index is 13.7. The third-order valence-electron chi connectivity index (χ3n) is 3.39. The van der Waals surface area contributed by atoms with Crippen molar-refractivity contribution < 1.29 is 8.78 Å². The van der Waals surface area contributed by atoms with Crippen LogP contribution in [0, 0.1) is 5.92 Å². The third-order valence-corrected chi connectivity index (χ3v) is 3.39. The van der Waals surface area contributed by atoms with Crippen molar-refractivity contribution in [2.75, 3.05) is 25.0 Å². The second kappa shape index (κ2) is 4.69. The summed E-state index contributed by atoms with van der Waals surface area (Å²) in [5, 5.41) is 13.0. The molecule has 3 N–H and O–H groups in total. The molecule has 0 aliphatic carbocycles. The molecule has 0 bridgehead atoms. The van der Waals surface area contributed by atoms with E-state index in [0.717, 1.165) is 0 Å². The Morgan fingerprint density at radius 1 is 1.42 bits per heavy atom. The van der Waals surface area contributed by atoms with Gasteiger partial charge in [0.25, 0.3) is 5.92 Å². The predicted molar refractivity (Wildman–Crippen MR) is 66.1 cm³/mol. The van der Waals surface area contributed by atoms with E-state index in [1.165, 1.54) is 6.33 Å². The molecular weight excluding hydrogens is 254 g/mol. The fraction of sp³-hybridized carbons (Fsp3) is 0.545. The van der Waals surface area contributed by atoms with E-state index in [-0.39, 0.29) is 13.1 Å². The van der Waals surface area contributed by atoms with Crippen molar-refractivity contribution in [2.24, 2.45) is 5.92 Å². The smallest absolute Gasteiger partial charge is 0.264 e. The minimum atomic E-state index is -2.69. The van der Waals surface area contributed by atoms with E-state index in [1.54, 1.807) is 6.20 Å². The van der Waals surface area contributed by atoms with Gasteiger partial charge in [-0.1, -0.05) is 0 Å². The van der Waals surface area contributed by atoms with Crippen molar-refractivity contribution in [3.05, 3.63) is 12.5 Å². The highest BCUT2D eigenvalue weighted by atomic mass is 19.3. The molecule has 3 heterocycles. The number of nitrogens with zero attached hydrogens (tertiary/aromatic N) is 3. The van der Waals surface area contributed by atoms with Crippen molar-refractivity contribution in [1.82, 2.24) is 25.5 Å². The number of alkyl halides is 2. The molecule has 19 heavy (non-hydrogen) atoms. The fourth-order valence-corrected chi connectivity index (χ4v) is 2.26. The molecule has 1 atom stereocenters. The Balaban J connectivity index is 1.73. The lowest BCUT2D eigenvalue weighted by Crippen LogP contribution is -2.48. The monoisotopic (exact) mass is 268 g/mol. The lowest BCUT2D eigenvalue weighted by Gasteiger charge is -2.32. The largest absolute Gasteiger partial charge is 0.369 e. The van der Waals surface area contributed by atoms with E-state index in [4.69, 9.17) is 0 Å². The number of hydrogen-bond donors (Lipinski definition) is 3. The maximum atomic E-state index is 13.7. The van der Waals surface area contributed by atoms with Crippen LogP contribution in [0.4, 0.5) is 14.6 Å². The van der Waals surface area contributed by atoms with Gasteiger partial charge in [-0.05, 0) is 13.0 Å². The quantitative estimate of drug-likeness (QED) is 0.774. The number of H-pyrrole nitrogens is 1. The van der Waals surface area contributed by atoms with Crippen LogP contribution in [0.2, 0.25) is 0 Å². The number of rotatable bonds is 3. The van der Waals surface area contributed by atoms with Crippen molar-refractivity contribution in [2.45, 2.75) is 12.3 Å². The number of halogens is 2. The molecule has 0 amide bonds. The molecule has 8 heteroatoms. The van der Waals surface area contributed by atoms with Crippen LogP contribution in [0.25, 0.3) is 11.0 Å². The van der Waals surface area contributed by atoms with E-state index in [2.05, 4.69) is 30.8 Å². The molecule has 0 saturated carbocycles. The molecule has 2 aromatic rings. The second-order valence-electron chi connectivity index (χ2n) is 4.66. The van der Waals surface area contributed by atoms with Gasteiger partial charge in [0.15, 0.2) is 5.65 Å². The highest BCUT2D eigenvalue weighted by molar-refractivity contribution is 5.85. The lowest BCUT2D eigenvalue weighted by atomic mass is 9.94. The van der Waals surface area contributed by atoms with E-state index in [1.807, 2.05) is 0 Å². The summed E-state index contributed by atoms with van der Waals surface area (Å²) in [5.74, 6) is -2.84. The number of anilines is 1. The minimum absolute atomic E-state index is 0.186. The van der Waals surface area contributed by atoms with Gasteiger partial charge in [0.1, 0.15) is 12.1 Å². The second-order valence-corrected chi connectivity index (χ2v) is 4.66. The average Bonchev–Trinajstić information content (AvgIpc) is 2.86. The first-order chi connectivity index (χ1) is 9.17. The minimum Gasteiger partial charge on any atom is -0.369 e. The maximum Gasteiger partial charge on any atom is 0.264 e. The molecule has 0 spiro atoms. The molecule has 0 aromatic carbocycles. The summed E-state index contributed by atoms with van der Waals surface area (Å²) < 4.78 is 27.3. The van der Waals surface area contributed by atoms with Crippen molar-refractivity contribution in [1.29, 1.82) is 0 Å². The first-order valence-corrected chi connectivity index (χ1v) is 6.13. The Morgan fingerprint density at radius 2 is 2.32 bits per heavy atom. The molecule has 1 aliphatic heterocycles. The Kier molecular flexibility index (Phi) is 3.02. The standard InChI is InChI=1S/C11H14F2N6/c12-11(13)5-14-2-1-7(11)3-15-9-8-4-18-19-10(8)17-6-16-9/h4,6-7,14H,1-3,5H2,(H2,15,16,17,18,19). The van der Waals surface area contributed by atoms with Crippen molar-refractivity contribution in [3.8, 4) is 0 Å². The van der Waals surface area contributed by atoms with Crippen LogP contribution in [0.3, 0.4) is 0 Å². The first-order valence-electron chi connectivity index (χ1n) is 6.13. The molecule has 1 fully saturated rings. The summed E-state index contributed by atoms with van der Waals surface area (Å²) in [6, 6.07) is 0. The van der Waals surface area contributed by atoms with Gasteiger partial charge in [0, 0.05) is 12.5 Å².